The Hall–Kier alpha value is -2.38. The van der Waals surface area contributed by atoms with Crippen LogP contribution in [-0.2, 0) is 16.6 Å². The summed E-state index contributed by atoms with van der Waals surface area (Å²) < 4.78 is 31.9. The lowest BCUT2D eigenvalue weighted by atomic mass is 10.2. The Morgan fingerprint density at radius 2 is 1.77 bits per heavy atom. The first kappa shape index (κ1) is 16.0. The van der Waals surface area contributed by atoms with Gasteiger partial charge in [-0.15, -0.1) is 0 Å². The van der Waals surface area contributed by atoms with E-state index in [1.54, 1.807) is 31.4 Å². The van der Waals surface area contributed by atoms with Crippen LogP contribution in [-0.4, -0.2) is 26.6 Å². The highest BCUT2D eigenvalue weighted by Crippen LogP contribution is 2.16. The number of hydrogen-bond acceptors (Lipinski definition) is 4. The second-order valence-electron chi connectivity index (χ2n) is 4.47. The molecule has 6 nitrogen and oxygen atoms in total. The van der Waals surface area contributed by atoms with Crippen LogP contribution in [0.2, 0.25) is 0 Å². The summed E-state index contributed by atoms with van der Waals surface area (Å²) in [4.78, 5) is 10.9. The molecule has 0 bridgehead atoms. The largest absolute Gasteiger partial charge is 0.497 e. The van der Waals surface area contributed by atoms with Crippen LogP contribution in [0.3, 0.4) is 0 Å². The van der Waals surface area contributed by atoms with Crippen LogP contribution < -0.4 is 9.46 Å². The number of benzene rings is 2. The predicted molar refractivity (Wildman–Crippen MR) is 80.4 cm³/mol. The second kappa shape index (κ2) is 6.59. The molecule has 0 saturated carbocycles. The fraction of sp³-hybridized carbons (Fsp3) is 0.133. The Bertz CT molecular complexity index is 769. The fourth-order valence-electron chi connectivity index (χ4n) is 1.88. The van der Waals surface area contributed by atoms with Crippen molar-refractivity contribution < 1.29 is 23.1 Å². The summed E-state index contributed by atoms with van der Waals surface area (Å²) in [5.74, 6) is -0.617. The van der Waals surface area contributed by atoms with Gasteiger partial charge in [-0.25, -0.2) is 17.9 Å². The van der Waals surface area contributed by atoms with Crippen molar-refractivity contribution in [1.29, 1.82) is 0 Å². The molecule has 2 aromatic rings. The molecule has 7 heteroatoms. The van der Waals surface area contributed by atoms with Gasteiger partial charge in [0.15, 0.2) is 0 Å². The van der Waals surface area contributed by atoms with Gasteiger partial charge in [0.1, 0.15) is 5.75 Å². The van der Waals surface area contributed by atoms with Crippen LogP contribution in [0.5, 0.6) is 5.75 Å². The van der Waals surface area contributed by atoms with Gasteiger partial charge < -0.3 is 9.84 Å². The van der Waals surface area contributed by atoms with Crippen LogP contribution in [0.15, 0.2) is 53.4 Å². The van der Waals surface area contributed by atoms with E-state index in [-0.39, 0.29) is 17.0 Å². The van der Waals surface area contributed by atoms with Crippen LogP contribution in [0.25, 0.3) is 0 Å². The summed E-state index contributed by atoms with van der Waals surface area (Å²) in [5.41, 5.74) is 0.474. The van der Waals surface area contributed by atoms with Crippen molar-refractivity contribution in [2.45, 2.75) is 11.4 Å². The smallest absolute Gasteiger partial charge is 0.337 e. The van der Waals surface area contributed by atoms with Crippen molar-refractivity contribution in [3.05, 3.63) is 59.7 Å². The standard InChI is InChI=1S/C15H15NO5S/c1-21-12-8-6-11(7-9-12)10-16-22(19,20)14-5-3-2-4-13(14)15(17)18/h2-9,16H,10H2,1H3,(H,17,18). The number of nitrogens with one attached hydrogen (secondary N) is 1. The van der Waals surface area contributed by atoms with Gasteiger partial charge in [-0.1, -0.05) is 24.3 Å². The quantitative estimate of drug-likeness (QED) is 0.847. The summed E-state index contributed by atoms with van der Waals surface area (Å²) in [6.07, 6.45) is 0. The Kier molecular flexibility index (Phi) is 4.79. The molecule has 0 heterocycles. The van der Waals surface area contributed by atoms with Gasteiger partial charge >= 0.3 is 5.97 Å². The molecular formula is C15H15NO5S. The maximum atomic E-state index is 12.3. The topological polar surface area (TPSA) is 92.7 Å². The zero-order chi connectivity index (χ0) is 16.2. The molecule has 0 unspecified atom stereocenters. The van der Waals surface area contributed by atoms with Crippen molar-refractivity contribution in [2.24, 2.45) is 0 Å². The summed E-state index contributed by atoms with van der Waals surface area (Å²) in [5, 5.41) is 9.07. The first-order chi connectivity index (χ1) is 10.4. The molecule has 0 aliphatic rings. The Morgan fingerprint density at radius 1 is 1.14 bits per heavy atom. The van der Waals surface area contributed by atoms with Gasteiger partial charge in [0.05, 0.1) is 17.6 Å². The molecule has 0 aliphatic carbocycles. The number of hydrogen-bond donors (Lipinski definition) is 2. The van der Waals surface area contributed by atoms with E-state index in [4.69, 9.17) is 9.84 Å². The Labute approximate surface area is 128 Å². The molecule has 0 amide bonds. The highest BCUT2D eigenvalue weighted by atomic mass is 32.2. The molecule has 0 saturated heterocycles. The third-order valence-electron chi connectivity index (χ3n) is 3.03. The van der Waals surface area contributed by atoms with Crippen LogP contribution in [0.1, 0.15) is 15.9 Å². The predicted octanol–water partition coefficient (Wildman–Crippen LogP) is 1.87. The number of carboxylic acid groups (broad SMARTS) is 1. The molecule has 0 aromatic heterocycles. The van der Waals surface area contributed by atoms with Gasteiger partial charge in [-0.2, -0.15) is 0 Å². The molecule has 22 heavy (non-hydrogen) atoms. The average Bonchev–Trinajstić information content (AvgIpc) is 2.53. The van der Waals surface area contributed by atoms with Gasteiger partial charge in [-0.05, 0) is 29.8 Å². The normalized spacial score (nSPS) is 11.1. The second-order valence-corrected chi connectivity index (χ2v) is 6.21. The number of carbonyl (C=O) groups is 1. The van der Waals surface area contributed by atoms with E-state index in [9.17, 15) is 13.2 Å². The van der Waals surface area contributed by atoms with E-state index in [0.717, 1.165) is 5.56 Å². The first-order valence-electron chi connectivity index (χ1n) is 6.39. The monoisotopic (exact) mass is 321 g/mol. The maximum absolute atomic E-state index is 12.3. The molecule has 0 spiro atoms. The summed E-state index contributed by atoms with van der Waals surface area (Å²) in [6.45, 7) is 0.0558. The van der Waals surface area contributed by atoms with E-state index in [2.05, 4.69) is 4.72 Å². The van der Waals surface area contributed by atoms with Gasteiger partial charge in [0.2, 0.25) is 10.0 Å². The number of ether oxygens (including phenoxy) is 1. The molecule has 2 N–H and O–H groups in total. The van der Waals surface area contributed by atoms with Gasteiger partial charge in [0, 0.05) is 6.54 Å². The SMILES string of the molecule is COc1ccc(CNS(=O)(=O)c2ccccc2C(=O)O)cc1. The molecule has 0 fully saturated rings. The van der Waals surface area contributed by atoms with Crippen LogP contribution in [0.4, 0.5) is 0 Å². The molecule has 0 atom stereocenters. The fourth-order valence-corrected chi connectivity index (χ4v) is 3.09. The highest BCUT2D eigenvalue weighted by molar-refractivity contribution is 7.89. The van der Waals surface area contributed by atoms with Gasteiger partial charge in [-0.3, -0.25) is 0 Å². The number of sulfonamides is 1. The van der Waals surface area contributed by atoms with Gasteiger partial charge in [0.25, 0.3) is 0 Å². The van der Waals surface area contributed by atoms with Crippen molar-refractivity contribution in [2.75, 3.05) is 7.11 Å². The highest BCUT2D eigenvalue weighted by Gasteiger charge is 2.21. The first-order valence-corrected chi connectivity index (χ1v) is 7.87. The molecule has 0 radical (unpaired) electrons. The van der Waals surface area contributed by atoms with E-state index in [1.165, 1.54) is 24.3 Å². The van der Waals surface area contributed by atoms with Crippen molar-refractivity contribution >= 4 is 16.0 Å². The minimum atomic E-state index is -3.91. The lowest BCUT2D eigenvalue weighted by Crippen LogP contribution is -2.25. The Morgan fingerprint density at radius 3 is 2.36 bits per heavy atom. The minimum Gasteiger partial charge on any atom is -0.497 e. The number of rotatable bonds is 6. The van der Waals surface area contributed by atoms with Crippen molar-refractivity contribution in [3.8, 4) is 5.75 Å². The van der Waals surface area contributed by atoms with Crippen LogP contribution >= 0.6 is 0 Å². The lowest BCUT2D eigenvalue weighted by molar-refractivity contribution is 0.0692. The number of carboxylic acids is 1. The zero-order valence-corrected chi connectivity index (χ0v) is 12.6. The molecule has 2 aromatic carbocycles. The lowest BCUT2D eigenvalue weighted by Gasteiger charge is -2.09. The maximum Gasteiger partial charge on any atom is 0.337 e. The molecule has 0 aliphatic heterocycles. The summed E-state index contributed by atoms with van der Waals surface area (Å²) in [7, 11) is -2.37. The Balaban J connectivity index is 2.19. The zero-order valence-electron chi connectivity index (χ0n) is 11.8. The number of methoxy groups -OCH3 is 1. The molecular weight excluding hydrogens is 306 g/mol. The summed E-state index contributed by atoms with van der Waals surface area (Å²) in [6, 6.07) is 12.4. The third-order valence-corrected chi connectivity index (χ3v) is 4.49. The van der Waals surface area contributed by atoms with Crippen LogP contribution in [0, 0.1) is 0 Å². The van der Waals surface area contributed by atoms with E-state index >= 15 is 0 Å². The third kappa shape index (κ3) is 3.63. The van der Waals surface area contributed by atoms with Crippen molar-refractivity contribution in [3.63, 3.8) is 0 Å². The van der Waals surface area contributed by atoms with E-state index in [0.29, 0.717) is 5.75 Å². The molecule has 116 valence electrons. The average molecular weight is 321 g/mol. The van der Waals surface area contributed by atoms with E-state index < -0.39 is 16.0 Å². The van der Waals surface area contributed by atoms with E-state index in [1.807, 2.05) is 0 Å². The van der Waals surface area contributed by atoms with Crippen molar-refractivity contribution in [1.82, 2.24) is 4.72 Å². The number of aromatic carboxylic acids is 1. The minimum absolute atomic E-state index is 0.0558. The molecule has 2 rings (SSSR count). The summed E-state index contributed by atoms with van der Waals surface area (Å²) >= 11 is 0.